The molecule has 1 heterocycles. The standard InChI is InChI=1S/C8H9ClF2N2/c1-4-3-13-7(8(10)11)5(2-9)6(4)12/h3,8H,2H2,1H3,(H2,12,13). The Morgan fingerprint density at radius 1 is 1.62 bits per heavy atom. The van der Waals surface area contributed by atoms with Crippen molar-refractivity contribution in [1.82, 2.24) is 4.98 Å². The molecule has 0 atom stereocenters. The van der Waals surface area contributed by atoms with Crippen LogP contribution in [0.4, 0.5) is 14.5 Å². The first kappa shape index (κ1) is 10.2. The maximum Gasteiger partial charge on any atom is 0.280 e. The zero-order valence-corrected chi connectivity index (χ0v) is 7.78. The monoisotopic (exact) mass is 206 g/mol. The third-order valence-corrected chi connectivity index (χ3v) is 2.06. The van der Waals surface area contributed by atoms with E-state index in [-0.39, 0.29) is 17.1 Å². The molecule has 0 spiro atoms. The first-order valence-corrected chi connectivity index (χ1v) is 4.19. The number of alkyl halides is 3. The summed E-state index contributed by atoms with van der Waals surface area (Å²) in [4.78, 5) is 3.59. The normalized spacial score (nSPS) is 10.8. The third kappa shape index (κ3) is 1.88. The Kier molecular flexibility index (Phi) is 3.03. The van der Waals surface area contributed by atoms with E-state index in [0.717, 1.165) is 0 Å². The molecule has 0 amide bonds. The molecule has 0 aromatic carbocycles. The van der Waals surface area contributed by atoms with Crippen LogP contribution in [-0.4, -0.2) is 4.98 Å². The quantitative estimate of drug-likeness (QED) is 0.756. The van der Waals surface area contributed by atoms with E-state index in [4.69, 9.17) is 17.3 Å². The zero-order valence-electron chi connectivity index (χ0n) is 7.02. The van der Waals surface area contributed by atoms with Crippen molar-refractivity contribution in [1.29, 1.82) is 0 Å². The number of hydrogen-bond acceptors (Lipinski definition) is 2. The van der Waals surface area contributed by atoms with Crippen LogP contribution in [-0.2, 0) is 5.88 Å². The molecule has 1 rings (SSSR count). The maximum atomic E-state index is 12.3. The van der Waals surface area contributed by atoms with Gasteiger partial charge in [0.05, 0.1) is 5.88 Å². The molecule has 0 saturated heterocycles. The van der Waals surface area contributed by atoms with Gasteiger partial charge in [-0.25, -0.2) is 8.78 Å². The Labute approximate surface area is 79.7 Å². The lowest BCUT2D eigenvalue weighted by molar-refractivity contribution is 0.145. The first-order chi connectivity index (χ1) is 6.07. The molecule has 0 aliphatic rings. The van der Waals surface area contributed by atoms with E-state index in [1.807, 2.05) is 0 Å². The van der Waals surface area contributed by atoms with E-state index < -0.39 is 6.43 Å². The van der Waals surface area contributed by atoms with Crippen molar-refractivity contribution in [2.45, 2.75) is 19.2 Å². The summed E-state index contributed by atoms with van der Waals surface area (Å²) in [7, 11) is 0. The van der Waals surface area contributed by atoms with Gasteiger partial charge < -0.3 is 5.73 Å². The Morgan fingerprint density at radius 3 is 2.69 bits per heavy atom. The largest absolute Gasteiger partial charge is 0.398 e. The smallest absolute Gasteiger partial charge is 0.280 e. The van der Waals surface area contributed by atoms with Crippen LogP contribution < -0.4 is 5.73 Å². The topological polar surface area (TPSA) is 38.9 Å². The summed E-state index contributed by atoms with van der Waals surface area (Å²) >= 11 is 5.50. The number of nitrogen functional groups attached to an aromatic ring is 1. The molecule has 13 heavy (non-hydrogen) atoms. The van der Waals surface area contributed by atoms with E-state index >= 15 is 0 Å². The van der Waals surface area contributed by atoms with Gasteiger partial charge in [-0.05, 0) is 12.5 Å². The van der Waals surface area contributed by atoms with Crippen molar-refractivity contribution in [2.75, 3.05) is 5.73 Å². The lowest BCUT2D eigenvalue weighted by Gasteiger charge is -2.09. The molecular weight excluding hydrogens is 198 g/mol. The summed E-state index contributed by atoms with van der Waals surface area (Å²) in [6.45, 7) is 1.70. The van der Waals surface area contributed by atoms with Crippen LogP contribution in [0.5, 0.6) is 0 Å². The fourth-order valence-corrected chi connectivity index (χ4v) is 1.30. The number of halogens is 3. The van der Waals surface area contributed by atoms with E-state index in [2.05, 4.69) is 4.98 Å². The molecule has 0 saturated carbocycles. The molecule has 0 aliphatic heterocycles. The summed E-state index contributed by atoms with van der Waals surface area (Å²) < 4.78 is 24.7. The molecule has 72 valence electrons. The first-order valence-electron chi connectivity index (χ1n) is 3.66. The van der Waals surface area contributed by atoms with Crippen molar-refractivity contribution in [3.05, 3.63) is 23.0 Å². The van der Waals surface area contributed by atoms with Gasteiger partial charge >= 0.3 is 0 Å². The number of pyridine rings is 1. The Balaban J connectivity index is 3.30. The lowest BCUT2D eigenvalue weighted by Crippen LogP contribution is -2.03. The minimum Gasteiger partial charge on any atom is -0.398 e. The second kappa shape index (κ2) is 3.87. The highest BCUT2D eigenvalue weighted by Gasteiger charge is 2.17. The summed E-state index contributed by atoms with van der Waals surface area (Å²) in [6, 6.07) is 0. The lowest BCUT2D eigenvalue weighted by atomic mass is 10.1. The number of anilines is 1. The molecule has 0 fully saturated rings. The van der Waals surface area contributed by atoms with Crippen molar-refractivity contribution in [3.8, 4) is 0 Å². The van der Waals surface area contributed by atoms with Crippen LogP contribution in [0.1, 0.15) is 23.2 Å². The van der Waals surface area contributed by atoms with Crippen molar-refractivity contribution >= 4 is 17.3 Å². The minimum atomic E-state index is -2.63. The highest BCUT2D eigenvalue weighted by Crippen LogP contribution is 2.27. The maximum absolute atomic E-state index is 12.3. The molecule has 0 aliphatic carbocycles. The Bertz CT molecular complexity index is 315. The van der Waals surface area contributed by atoms with E-state index in [0.29, 0.717) is 11.3 Å². The molecule has 2 nitrogen and oxygen atoms in total. The Morgan fingerprint density at radius 2 is 2.23 bits per heavy atom. The van der Waals surface area contributed by atoms with Crippen LogP contribution in [0.25, 0.3) is 0 Å². The van der Waals surface area contributed by atoms with Crippen LogP contribution in [0.15, 0.2) is 6.20 Å². The average Bonchev–Trinajstić information content (AvgIpc) is 2.09. The van der Waals surface area contributed by atoms with Gasteiger partial charge in [-0.15, -0.1) is 11.6 Å². The predicted octanol–water partition coefficient (Wildman–Crippen LogP) is 2.65. The van der Waals surface area contributed by atoms with Gasteiger partial charge in [-0.2, -0.15) is 0 Å². The average molecular weight is 207 g/mol. The summed E-state index contributed by atoms with van der Waals surface area (Å²) in [6.07, 6.45) is -1.30. The number of nitrogens with two attached hydrogens (primary N) is 1. The van der Waals surface area contributed by atoms with Gasteiger partial charge in [0.25, 0.3) is 6.43 Å². The zero-order chi connectivity index (χ0) is 10.0. The van der Waals surface area contributed by atoms with Gasteiger partial charge in [-0.3, -0.25) is 4.98 Å². The van der Waals surface area contributed by atoms with E-state index in [1.54, 1.807) is 6.92 Å². The number of rotatable bonds is 2. The summed E-state index contributed by atoms with van der Waals surface area (Å²) in [5.74, 6) is -0.0415. The minimum absolute atomic E-state index is 0.0415. The van der Waals surface area contributed by atoms with Crippen LogP contribution in [0, 0.1) is 6.92 Å². The fourth-order valence-electron chi connectivity index (χ4n) is 1.02. The molecule has 1 aromatic heterocycles. The Hall–Kier alpha value is -0.900. The van der Waals surface area contributed by atoms with Crippen molar-refractivity contribution in [3.63, 3.8) is 0 Å². The van der Waals surface area contributed by atoms with E-state index in [1.165, 1.54) is 6.20 Å². The van der Waals surface area contributed by atoms with E-state index in [9.17, 15) is 8.78 Å². The highest BCUT2D eigenvalue weighted by atomic mass is 35.5. The molecule has 1 aromatic rings. The summed E-state index contributed by atoms with van der Waals surface area (Å²) in [5.41, 5.74) is 6.46. The van der Waals surface area contributed by atoms with Gasteiger partial charge in [0.1, 0.15) is 5.69 Å². The molecule has 0 unspecified atom stereocenters. The second-order valence-corrected chi connectivity index (χ2v) is 2.92. The second-order valence-electron chi connectivity index (χ2n) is 2.65. The summed E-state index contributed by atoms with van der Waals surface area (Å²) in [5, 5.41) is 0. The number of aryl methyl sites for hydroxylation is 1. The fraction of sp³-hybridized carbons (Fsp3) is 0.375. The van der Waals surface area contributed by atoms with Gasteiger partial charge in [0.15, 0.2) is 0 Å². The number of hydrogen-bond donors (Lipinski definition) is 1. The predicted molar refractivity (Wildman–Crippen MR) is 47.9 cm³/mol. The van der Waals surface area contributed by atoms with Gasteiger partial charge in [-0.1, -0.05) is 0 Å². The number of nitrogens with zero attached hydrogens (tertiary/aromatic N) is 1. The van der Waals surface area contributed by atoms with Crippen LogP contribution in [0.3, 0.4) is 0 Å². The SMILES string of the molecule is Cc1cnc(C(F)F)c(CCl)c1N. The molecular formula is C8H9ClF2N2. The molecule has 0 radical (unpaired) electrons. The van der Waals surface area contributed by atoms with Gasteiger partial charge in [0.2, 0.25) is 0 Å². The van der Waals surface area contributed by atoms with Crippen LogP contribution >= 0.6 is 11.6 Å². The van der Waals surface area contributed by atoms with Gasteiger partial charge in [0, 0.05) is 17.4 Å². The van der Waals surface area contributed by atoms with Crippen molar-refractivity contribution < 1.29 is 8.78 Å². The highest BCUT2D eigenvalue weighted by molar-refractivity contribution is 6.17. The number of aromatic nitrogens is 1. The van der Waals surface area contributed by atoms with Crippen molar-refractivity contribution in [2.24, 2.45) is 0 Å². The molecule has 2 N–H and O–H groups in total. The molecule has 0 bridgehead atoms. The third-order valence-electron chi connectivity index (χ3n) is 1.80. The molecule has 5 heteroatoms. The van der Waals surface area contributed by atoms with Crippen LogP contribution in [0.2, 0.25) is 0 Å².